The van der Waals surface area contributed by atoms with Gasteiger partial charge in [-0.1, -0.05) is 18.2 Å². The zero-order valence-corrected chi connectivity index (χ0v) is 26.7. The topological polar surface area (TPSA) is 83.9 Å². The largest absolute Gasteiger partial charge is 0.504 e. The molecule has 2 aliphatic heterocycles. The van der Waals surface area contributed by atoms with Gasteiger partial charge in [0.05, 0.1) is 21.3 Å². The number of nitrogens with zero attached hydrogens (tertiary/aromatic N) is 2. The van der Waals surface area contributed by atoms with Gasteiger partial charge in [0.25, 0.3) is 0 Å². The first-order chi connectivity index (χ1) is 21.8. The number of likely N-dealkylation sites (N-methyl/N-ethyl adjacent to an activating group) is 2. The van der Waals surface area contributed by atoms with Crippen LogP contribution in [0.2, 0.25) is 0 Å². The first-order valence-corrected chi connectivity index (χ1v) is 15.4. The molecular weight excluding hydrogens is 568 g/mol. The average Bonchev–Trinajstić information content (AvgIpc) is 3.05. The zero-order chi connectivity index (χ0) is 31.7. The summed E-state index contributed by atoms with van der Waals surface area (Å²) in [5.74, 6) is 3.34. The molecule has 0 spiro atoms. The second-order valence-corrected chi connectivity index (χ2v) is 12.1. The molecule has 8 nitrogen and oxygen atoms in total. The standard InChI is InChI=1S/C37H42N2O6/c1-38-15-13-26-20-36(43-4)37(44-5)22-29(26)30(38)16-23-6-9-27(10-7-23)45-35-18-24(8-11-32(35)40)17-31-28-21-34(42-3)33(41)19-25(28)12-14-39(31)2/h6-11,18-22,30-31,40-41H,12-17H2,1-5H3/t30-,31?/m1/s1. The Hall–Kier alpha value is -4.40. The van der Waals surface area contributed by atoms with E-state index in [1.54, 1.807) is 27.4 Å². The Morgan fingerprint density at radius 1 is 0.600 bits per heavy atom. The van der Waals surface area contributed by atoms with Gasteiger partial charge >= 0.3 is 0 Å². The molecule has 2 atom stereocenters. The van der Waals surface area contributed by atoms with Crippen LogP contribution in [0.15, 0.2) is 66.7 Å². The van der Waals surface area contributed by atoms with Crippen molar-refractivity contribution in [2.24, 2.45) is 0 Å². The number of hydrogen-bond acceptors (Lipinski definition) is 8. The predicted octanol–water partition coefficient (Wildman–Crippen LogP) is 6.46. The first kappa shape index (κ1) is 30.6. The van der Waals surface area contributed by atoms with E-state index in [4.69, 9.17) is 18.9 Å². The van der Waals surface area contributed by atoms with Crippen molar-refractivity contribution in [3.63, 3.8) is 0 Å². The summed E-state index contributed by atoms with van der Waals surface area (Å²) in [6.07, 6.45) is 3.41. The van der Waals surface area contributed by atoms with Crippen molar-refractivity contribution in [3.05, 3.63) is 100 Å². The maximum Gasteiger partial charge on any atom is 0.169 e. The molecule has 4 aromatic rings. The normalized spacial score (nSPS) is 18.2. The lowest BCUT2D eigenvalue weighted by molar-refractivity contribution is 0.228. The Labute approximate surface area is 265 Å². The van der Waals surface area contributed by atoms with Gasteiger partial charge in [0, 0.05) is 25.2 Å². The zero-order valence-electron chi connectivity index (χ0n) is 26.7. The minimum atomic E-state index is 0.0941. The Bertz CT molecular complexity index is 1670. The van der Waals surface area contributed by atoms with Gasteiger partial charge in [-0.3, -0.25) is 9.80 Å². The number of aromatic hydroxyl groups is 2. The van der Waals surface area contributed by atoms with E-state index in [9.17, 15) is 10.2 Å². The molecule has 0 fully saturated rings. The molecule has 45 heavy (non-hydrogen) atoms. The van der Waals surface area contributed by atoms with Crippen LogP contribution in [-0.2, 0) is 25.7 Å². The van der Waals surface area contributed by atoms with Gasteiger partial charge in [-0.2, -0.15) is 0 Å². The lowest BCUT2D eigenvalue weighted by Crippen LogP contribution is -2.33. The molecule has 0 radical (unpaired) electrons. The summed E-state index contributed by atoms with van der Waals surface area (Å²) < 4.78 is 22.8. The van der Waals surface area contributed by atoms with Crippen molar-refractivity contribution in [1.29, 1.82) is 0 Å². The van der Waals surface area contributed by atoms with Gasteiger partial charge in [0.15, 0.2) is 34.5 Å². The van der Waals surface area contributed by atoms with E-state index in [1.807, 2.05) is 36.4 Å². The highest BCUT2D eigenvalue weighted by Gasteiger charge is 2.28. The Morgan fingerprint density at radius 3 is 1.76 bits per heavy atom. The van der Waals surface area contributed by atoms with E-state index in [2.05, 4.69) is 48.2 Å². The van der Waals surface area contributed by atoms with Crippen molar-refractivity contribution in [3.8, 4) is 40.2 Å². The van der Waals surface area contributed by atoms with E-state index < -0.39 is 0 Å². The highest BCUT2D eigenvalue weighted by molar-refractivity contribution is 5.51. The van der Waals surface area contributed by atoms with Crippen molar-refractivity contribution in [1.82, 2.24) is 9.80 Å². The molecule has 6 rings (SSSR count). The lowest BCUT2D eigenvalue weighted by atomic mass is 9.88. The van der Waals surface area contributed by atoms with Crippen LogP contribution >= 0.6 is 0 Å². The molecule has 8 heteroatoms. The van der Waals surface area contributed by atoms with Crippen LogP contribution < -0.4 is 18.9 Å². The number of rotatable bonds is 9. The van der Waals surface area contributed by atoms with Crippen LogP contribution in [0.4, 0.5) is 0 Å². The second kappa shape index (κ2) is 12.9. The third kappa shape index (κ3) is 6.26. The number of ether oxygens (including phenoxy) is 4. The molecule has 2 aliphatic rings. The number of hydrogen-bond donors (Lipinski definition) is 2. The van der Waals surface area contributed by atoms with Gasteiger partial charge < -0.3 is 29.2 Å². The number of phenolic OH excluding ortho intramolecular Hbond substituents is 2. The van der Waals surface area contributed by atoms with Crippen molar-refractivity contribution in [2.75, 3.05) is 48.5 Å². The van der Waals surface area contributed by atoms with E-state index >= 15 is 0 Å². The Kier molecular flexibility index (Phi) is 8.79. The number of methoxy groups -OCH3 is 3. The summed E-state index contributed by atoms with van der Waals surface area (Å²) in [6, 6.07) is 22.0. The quantitative estimate of drug-likeness (QED) is 0.224. The molecule has 236 valence electrons. The van der Waals surface area contributed by atoms with Crippen molar-refractivity contribution >= 4 is 0 Å². The number of benzene rings is 4. The first-order valence-electron chi connectivity index (χ1n) is 15.4. The Balaban J connectivity index is 1.18. The molecule has 2 heterocycles. The lowest BCUT2D eigenvalue weighted by Gasteiger charge is -2.35. The minimum absolute atomic E-state index is 0.0941. The molecule has 0 aromatic heterocycles. The third-order valence-corrected chi connectivity index (χ3v) is 9.37. The smallest absolute Gasteiger partial charge is 0.169 e. The van der Waals surface area contributed by atoms with E-state index in [1.165, 1.54) is 16.7 Å². The molecule has 2 N–H and O–H groups in total. The molecule has 0 aliphatic carbocycles. The molecule has 1 unspecified atom stereocenters. The fourth-order valence-electron chi connectivity index (χ4n) is 6.73. The summed E-state index contributed by atoms with van der Waals surface area (Å²) in [6.45, 7) is 1.86. The van der Waals surface area contributed by atoms with Gasteiger partial charge in [0.1, 0.15) is 5.75 Å². The number of fused-ring (bicyclic) bond motifs is 2. The van der Waals surface area contributed by atoms with Crippen LogP contribution in [0, 0.1) is 0 Å². The van der Waals surface area contributed by atoms with Crippen LogP contribution in [0.3, 0.4) is 0 Å². The second-order valence-electron chi connectivity index (χ2n) is 12.1. The third-order valence-electron chi connectivity index (χ3n) is 9.37. The monoisotopic (exact) mass is 610 g/mol. The number of phenols is 2. The fraction of sp³-hybridized carbons (Fsp3) is 0.351. The van der Waals surface area contributed by atoms with Crippen molar-refractivity contribution in [2.45, 2.75) is 37.8 Å². The summed E-state index contributed by atoms with van der Waals surface area (Å²) >= 11 is 0. The molecule has 0 saturated carbocycles. The van der Waals surface area contributed by atoms with E-state index in [-0.39, 0.29) is 23.6 Å². The van der Waals surface area contributed by atoms with Gasteiger partial charge in [-0.15, -0.1) is 0 Å². The van der Waals surface area contributed by atoms with Crippen LogP contribution in [0.1, 0.15) is 45.5 Å². The molecule has 0 bridgehead atoms. The molecular formula is C37H42N2O6. The maximum atomic E-state index is 10.7. The summed E-state index contributed by atoms with van der Waals surface area (Å²) in [5, 5.41) is 21.0. The Morgan fingerprint density at radius 2 is 1.13 bits per heavy atom. The van der Waals surface area contributed by atoms with Crippen molar-refractivity contribution < 1.29 is 29.2 Å². The molecule has 0 saturated heterocycles. The summed E-state index contributed by atoms with van der Waals surface area (Å²) in [7, 11) is 9.21. The van der Waals surface area contributed by atoms with Crippen LogP contribution in [-0.4, -0.2) is 68.5 Å². The van der Waals surface area contributed by atoms with Gasteiger partial charge in [-0.25, -0.2) is 0 Å². The van der Waals surface area contributed by atoms with Gasteiger partial charge in [0.2, 0.25) is 0 Å². The highest BCUT2D eigenvalue weighted by atomic mass is 16.5. The van der Waals surface area contributed by atoms with Crippen LogP contribution in [0.25, 0.3) is 0 Å². The summed E-state index contributed by atoms with van der Waals surface area (Å²) in [4.78, 5) is 4.71. The van der Waals surface area contributed by atoms with Crippen LogP contribution in [0.5, 0.6) is 40.2 Å². The molecule has 4 aromatic carbocycles. The predicted molar refractivity (Wildman–Crippen MR) is 174 cm³/mol. The summed E-state index contributed by atoms with van der Waals surface area (Å²) in [5.41, 5.74) is 7.08. The molecule has 0 amide bonds. The van der Waals surface area contributed by atoms with Gasteiger partial charge in [-0.05, 0) is 122 Å². The minimum Gasteiger partial charge on any atom is -0.504 e. The maximum absolute atomic E-state index is 10.7. The average molecular weight is 611 g/mol. The highest BCUT2D eigenvalue weighted by Crippen LogP contribution is 2.41. The SMILES string of the molecule is COc1cc2c(cc1O)CCN(C)C2Cc1ccc(O)c(Oc2ccc(C[C@@H]3c4cc(OC)c(OC)cc4CCN3C)cc2)c1. The van der Waals surface area contributed by atoms with E-state index in [0.29, 0.717) is 17.2 Å². The van der Waals surface area contributed by atoms with E-state index in [0.717, 1.165) is 67.0 Å². The fourth-order valence-corrected chi connectivity index (χ4v) is 6.73.